The van der Waals surface area contributed by atoms with Gasteiger partial charge in [0.15, 0.2) is 0 Å². The van der Waals surface area contributed by atoms with Gasteiger partial charge in [-0.05, 0) is 19.4 Å². The van der Waals surface area contributed by atoms with Gasteiger partial charge < -0.3 is 10.6 Å². The number of rotatable bonds is 1. The summed E-state index contributed by atoms with van der Waals surface area (Å²) in [5, 5.41) is 9.89. The number of aromatic nitrogens is 2. The first kappa shape index (κ1) is 10.1. The maximum Gasteiger partial charge on any atom is 0.271 e. The van der Waals surface area contributed by atoms with Crippen molar-refractivity contribution in [2.24, 2.45) is 0 Å². The van der Waals surface area contributed by atoms with E-state index in [1.807, 2.05) is 4.68 Å². The van der Waals surface area contributed by atoms with Crippen LogP contribution in [0.3, 0.4) is 0 Å². The highest BCUT2D eigenvalue weighted by Crippen LogP contribution is 2.16. The van der Waals surface area contributed by atoms with Gasteiger partial charge in [0.2, 0.25) is 0 Å². The Morgan fingerprint density at radius 2 is 2.19 bits per heavy atom. The van der Waals surface area contributed by atoms with Crippen molar-refractivity contribution in [2.45, 2.75) is 31.8 Å². The van der Waals surface area contributed by atoms with Crippen molar-refractivity contribution in [1.82, 2.24) is 20.4 Å². The predicted molar refractivity (Wildman–Crippen MR) is 61.6 cm³/mol. The minimum absolute atomic E-state index is 0.177. The maximum atomic E-state index is 12.2. The summed E-state index contributed by atoms with van der Waals surface area (Å²) in [4.78, 5) is 12.2. The molecule has 0 aliphatic carbocycles. The number of hydrogen-bond acceptors (Lipinski definition) is 3. The monoisotopic (exact) mass is 222 g/mol. The Morgan fingerprint density at radius 1 is 1.25 bits per heavy atom. The third-order valence-corrected chi connectivity index (χ3v) is 3.59. The van der Waals surface area contributed by atoms with E-state index in [0.717, 1.165) is 56.7 Å². The van der Waals surface area contributed by atoms with Crippen LogP contribution >= 0.6 is 0 Å². The second-order valence-electron chi connectivity index (χ2n) is 4.67. The van der Waals surface area contributed by atoms with Crippen molar-refractivity contribution in [3.63, 3.8) is 0 Å². The summed E-state index contributed by atoms with van der Waals surface area (Å²) in [6, 6.07) is 0.312. The Kier molecular flexibility index (Phi) is 2.57. The molecule has 0 bridgehead atoms. The summed E-state index contributed by atoms with van der Waals surface area (Å²) in [7, 11) is 0. The smallest absolute Gasteiger partial charge is 0.271 e. The molecule has 1 aromatic rings. The Morgan fingerprint density at radius 3 is 2.94 bits per heavy atom. The molecule has 16 heavy (non-hydrogen) atoms. The Balaban J connectivity index is 1.94. The lowest BCUT2D eigenvalue weighted by molar-refractivity contribution is 0.339. The van der Waals surface area contributed by atoms with Crippen molar-refractivity contribution < 1.29 is 0 Å². The molecule has 3 N–H and O–H groups in total. The number of nitrogens with one attached hydrogen (secondary N) is 3. The standard InChI is InChI=1S/C11H18N4O/c16-11-9-7-13-5-3-10(9)14-15(11)8-2-1-4-12-6-8/h8,12-14H,1-7H2. The molecule has 3 rings (SSSR count). The zero-order valence-corrected chi connectivity index (χ0v) is 9.38. The molecule has 0 amide bonds. The molecule has 3 heterocycles. The van der Waals surface area contributed by atoms with Crippen LogP contribution in [-0.2, 0) is 13.0 Å². The van der Waals surface area contributed by atoms with Gasteiger partial charge in [-0.3, -0.25) is 9.89 Å². The Bertz CT molecular complexity index is 428. The first-order valence-corrected chi connectivity index (χ1v) is 6.10. The molecule has 1 unspecified atom stereocenters. The third-order valence-electron chi connectivity index (χ3n) is 3.59. The lowest BCUT2D eigenvalue weighted by Crippen LogP contribution is -2.36. The molecular weight excluding hydrogens is 204 g/mol. The van der Waals surface area contributed by atoms with Gasteiger partial charge >= 0.3 is 0 Å². The fourth-order valence-electron chi connectivity index (χ4n) is 2.66. The first-order valence-electron chi connectivity index (χ1n) is 6.10. The van der Waals surface area contributed by atoms with Crippen LogP contribution in [-0.4, -0.2) is 29.4 Å². The van der Waals surface area contributed by atoms with Gasteiger partial charge in [-0.2, -0.15) is 0 Å². The van der Waals surface area contributed by atoms with Crippen LogP contribution in [0, 0.1) is 0 Å². The number of aromatic amines is 1. The largest absolute Gasteiger partial charge is 0.315 e. The highest BCUT2D eigenvalue weighted by Gasteiger charge is 2.22. The van der Waals surface area contributed by atoms with Gasteiger partial charge in [0, 0.05) is 31.7 Å². The molecule has 0 spiro atoms. The van der Waals surface area contributed by atoms with E-state index in [1.165, 1.54) is 0 Å². The number of H-pyrrole nitrogens is 1. The van der Waals surface area contributed by atoms with E-state index < -0.39 is 0 Å². The fourth-order valence-corrected chi connectivity index (χ4v) is 2.66. The van der Waals surface area contributed by atoms with Gasteiger partial charge in [0.25, 0.3) is 5.56 Å². The summed E-state index contributed by atoms with van der Waals surface area (Å²) in [6.07, 6.45) is 3.19. The van der Waals surface area contributed by atoms with Gasteiger partial charge in [-0.15, -0.1) is 0 Å². The van der Waals surface area contributed by atoms with Crippen molar-refractivity contribution in [3.8, 4) is 0 Å². The average Bonchev–Trinajstić information content (AvgIpc) is 2.69. The van der Waals surface area contributed by atoms with E-state index in [0.29, 0.717) is 6.04 Å². The molecule has 1 saturated heterocycles. The third kappa shape index (κ3) is 1.60. The summed E-state index contributed by atoms with van der Waals surface area (Å²) in [5.41, 5.74) is 2.25. The first-order chi connectivity index (χ1) is 7.86. The van der Waals surface area contributed by atoms with Gasteiger partial charge in [-0.25, -0.2) is 4.68 Å². The molecule has 0 saturated carbocycles. The van der Waals surface area contributed by atoms with Crippen molar-refractivity contribution in [2.75, 3.05) is 19.6 Å². The molecule has 0 aromatic carbocycles. The van der Waals surface area contributed by atoms with Crippen LogP contribution in [0.4, 0.5) is 0 Å². The van der Waals surface area contributed by atoms with Crippen LogP contribution < -0.4 is 16.2 Å². The summed E-state index contributed by atoms with van der Waals surface area (Å²) >= 11 is 0. The van der Waals surface area contributed by atoms with Crippen LogP contribution in [0.5, 0.6) is 0 Å². The van der Waals surface area contributed by atoms with Gasteiger partial charge in [0.05, 0.1) is 11.6 Å². The van der Waals surface area contributed by atoms with Crippen LogP contribution in [0.2, 0.25) is 0 Å². The molecule has 2 aliphatic heterocycles. The molecular formula is C11H18N4O. The van der Waals surface area contributed by atoms with E-state index in [9.17, 15) is 4.79 Å². The fraction of sp³-hybridized carbons (Fsp3) is 0.727. The number of fused-ring (bicyclic) bond motifs is 1. The molecule has 1 atom stereocenters. The Labute approximate surface area is 94.2 Å². The van der Waals surface area contributed by atoms with Gasteiger partial charge in [-0.1, -0.05) is 0 Å². The molecule has 0 radical (unpaired) electrons. The topological polar surface area (TPSA) is 61.9 Å². The van der Waals surface area contributed by atoms with E-state index in [-0.39, 0.29) is 5.56 Å². The number of nitrogens with zero attached hydrogens (tertiary/aromatic N) is 1. The highest BCUT2D eigenvalue weighted by atomic mass is 16.1. The van der Waals surface area contributed by atoms with E-state index in [4.69, 9.17) is 0 Å². The second kappa shape index (κ2) is 4.07. The molecule has 88 valence electrons. The van der Waals surface area contributed by atoms with Gasteiger partial charge in [0.1, 0.15) is 0 Å². The van der Waals surface area contributed by atoms with Crippen molar-refractivity contribution in [1.29, 1.82) is 0 Å². The zero-order chi connectivity index (χ0) is 11.0. The summed E-state index contributed by atoms with van der Waals surface area (Å²) in [5.74, 6) is 0. The number of piperidine rings is 1. The Hall–Kier alpha value is -1.07. The van der Waals surface area contributed by atoms with Crippen molar-refractivity contribution >= 4 is 0 Å². The van der Waals surface area contributed by atoms with Crippen LogP contribution in [0.25, 0.3) is 0 Å². The summed E-state index contributed by atoms with van der Waals surface area (Å²) in [6.45, 7) is 3.67. The van der Waals surface area contributed by atoms with E-state index >= 15 is 0 Å². The maximum absolute atomic E-state index is 12.2. The lowest BCUT2D eigenvalue weighted by Gasteiger charge is -2.23. The van der Waals surface area contributed by atoms with Crippen molar-refractivity contribution in [3.05, 3.63) is 21.6 Å². The quantitative estimate of drug-likeness (QED) is 0.614. The second-order valence-corrected chi connectivity index (χ2v) is 4.67. The van der Waals surface area contributed by atoms with E-state index in [1.54, 1.807) is 0 Å². The van der Waals surface area contributed by atoms with Crippen LogP contribution in [0.1, 0.15) is 30.1 Å². The SMILES string of the molecule is O=c1c2c([nH]n1C1CCCNC1)CCNC2. The number of hydrogen-bond donors (Lipinski definition) is 3. The molecule has 2 aliphatic rings. The predicted octanol–water partition coefficient (Wildman–Crippen LogP) is -0.253. The minimum Gasteiger partial charge on any atom is -0.315 e. The molecule has 1 aromatic heterocycles. The average molecular weight is 222 g/mol. The zero-order valence-electron chi connectivity index (χ0n) is 9.38. The normalized spacial score (nSPS) is 25.4. The molecule has 5 nitrogen and oxygen atoms in total. The lowest BCUT2D eigenvalue weighted by atomic mass is 10.1. The van der Waals surface area contributed by atoms with Crippen LogP contribution in [0.15, 0.2) is 4.79 Å². The molecule has 1 fully saturated rings. The highest BCUT2D eigenvalue weighted by molar-refractivity contribution is 5.20. The summed E-state index contributed by atoms with van der Waals surface area (Å²) < 4.78 is 1.84. The van der Waals surface area contributed by atoms with E-state index in [2.05, 4.69) is 15.7 Å². The molecule has 5 heteroatoms. The minimum atomic E-state index is 0.177.